The number of benzene rings is 2. The number of rotatable bonds is 15. The van der Waals surface area contributed by atoms with Crippen molar-refractivity contribution in [1.82, 2.24) is 16.0 Å². The second kappa shape index (κ2) is 16.2. The molecule has 216 valence electrons. The van der Waals surface area contributed by atoms with E-state index in [0.717, 1.165) is 5.56 Å². The largest absolute Gasteiger partial charge is 0.508 e. The number of nitrogens with two attached hydrogens (primary N) is 4. The number of phenolic OH excluding ortho intramolecular Hbond substituents is 1. The number of nitrogens with one attached hydrogen (secondary N) is 3. The van der Waals surface area contributed by atoms with Gasteiger partial charge in [-0.25, -0.2) is 4.99 Å². The third-order valence-corrected chi connectivity index (χ3v) is 5.82. The number of nitrogens with zero attached hydrogens (tertiary/aromatic N) is 2. The van der Waals surface area contributed by atoms with Crippen molar-refractivity contribution in [3.63, 3.8) is 0 Å². The maximum Gasteiger partial charge on any atom is 0.245 e. The maximum absolute atomic E-state index is 13.5. The van der Waals surface area contributed by atoms with Crippen LogP contribution in [-0.2, 0) is 27.2 Å². The van der Waals surface area contributed by atoms with Crippen LogP contribution in [0, 0.1) is 0 Å². The molecule has 2 aromatic rings. The molecule has 3 amide bonds. The minimum atomic E-state index is -1.05. The first-order chi connectivity index (χ1) is 19.1. The van der Waals surface area contributed by atoms with E-state index in [1.54, 1.807) is 19.1 Å². The molecule has 0 spiro atoms. The Balaban J connectivity index is 2.25. The van der Waals surface area contributed by atoms with Gasteiger partial charge in [0.1, 0.15) is 23.9 Å². The van der Waals surface area contributed by atoms with Gasteiger partial charge in [-0.1, -0.05) is 42.5 Å². The van der Waals surface area contributed by atoms with Crippen LogP contribution < -0.4 is 38.9 Å². The molecule has 0 aromatic heterocycles. The fraction of sp³-hybridized carbons (Fsp3) is 0.370. The second-order valence-corrected chi connectivity index (χ2v) is 9.10. The summed E-state index contributed by atoms with van der Waals surface area (Å²) in [6.07, 6.45) is 0.910. The van der Waals surface area contributed by atoms with Crippen LogP contribution in [0.1, 0.15) is 30.9 Å². The van der Waals surface area contributed by atoms with Crippen LogP contribution in [0.5, 0.6) is 5.75 Å². The SMILES string of the molecule is CCNC(=O)[C@H](Cc1ccccc1)NC(=O)[C@@H](CCCN=C(N)N)NC(=O)[C@H](Cc1ccc(O)cc1)N=C(N)N. The maximum atomic E-state index is 13.5. The summed E-state index contributed by atoms with van der Waals surface area (Å²) in [5.74, 6) is -1.82. The number of guanidine groups is 2. The molecule has 13 nitrogen and oxygen atoms in total. The summed E-state index contributed by atoms with van der Waals surface area (Å²) < 4.78 is 0. The molecule has 0 saturated heterocycles. The highest BCUT2D eigenvalue weighted by molar-refractivity contribution is 5.94. The predicted molar refractivity (Wildman–Crippen MR) is 154 cm³/mol. The molecule has 13 heteroatoms. The number of phenols is 1. The van der Waals surface area contributed by atoms with E-state index in [9.17, 15) is 19.5 Å². The normalized spacial score (nSPS) is 12.7. The Hall–Kier alpha value is -4.81. The van der Waals surface area contributed by atoms with Crippen molar-refractivity contribution < 1.29 is 19.5 Å². The number of carbonyl (C=O) groups excluding carboxylic acids is 3. The molecule has 0 bridgehead atoms. The van der Waals surface area contributed by atoms with E-state index in [-0.39, 0.29) is 49.4 Å². The molecule has 3 atom stereocenters. The Labute approximate surface area is 233 Å². The van der Waals surface area contributed by atoms with Gasteiger partial charge in [0.15, 0.2) is 11.9 Å². The minimum Gasteiger partial charge on any atom is -0.508 e. The number of aliphatic imine (C=N–C) groups is 2. The van der Waals surface area contributed by atoms with Crippen LogP contribution in [0.2, 0.25) is 0 Å². The van der Waals surface area contributed by atoms with Gasteiger partial charge in [0.25, 0.3) is 0 Å². The molecule has 0 fully saturated rings. The molecule has 0 aliphatic carbocycles. The van der Waals surface area contributed by atoms with Gasteiger partial charge in [-0.3, -0.25) is 19.4 Å². The summed E-state index contributed by atoms with van der Waals surface area (Å²) in [5, 5.41) is 17.8. The van der Waals surface area contributed by atoms with Crippen LogP contribution in [0.4, 0.5) is 0 Å². The van der Waals surface area contributed by atoms with Crippen LogP contribution in [0.25, 0.3) is 0 Å². The van der Waals surface area contributed by atoms with Crippen molar-refractivity contribution >= 4 is 29.6 Å². The van der Waals surface area contributed by atoms with Gasteiger partial charge >= 0.3 is 0 Å². The number of hydrogen-bond donors (Lipinski definition) is 8. The minimum absolute atomic E-state index is 0.0706. The summed E-state index contributed by atoms with van der Waals surface area (Å²) in [6, 6.07) is 12.5. The first-order valence-corrected chi connectivity index (χ1v) is 12.9. The lowest BCUT2D eigenvalue weighted by Gasteiger charge is -2.24. The van der Waals surface area contributed by atoms with Gasteiger partial charge < -0.3 is 44.0 Å². The molecular formula is C27H39N9O4. The quantitative estimate of drug-likeness (QED) is 0.0769. The molecule has 2 rings (SSSR count). The molecule has 0 unspecified atom stereocenters. The van der Waals surface area contributed by atoms with Crippen LogP contribution in [0.15, 0.2) is 64.6 Å². The van der Waals surface area contributed by atoms with Crippen molar-refractivity contribution in [1.29, 1.82) is 0 Å². The molecule has 0 aliphatic heterocycles. The topological polar surface area (TPSA) is 236 Å². The van der Waals surface area contributed by atoms with Crippen molar-refractivity contribution in [2.45, 2.75) is 50.7 Å². The zero-order valence-electron chi connectivity index (χ0n) is 22.5. The van der Waals surface area contributed by atoms with Crippen LogP contribution >= 0.6 is 0 Å². The summed E-state index contributed by atoms with van der Waals surface area (Å²) >= 11 is 0. The summed E-state index contributed by atoms with van der Waals surface area (Å²) in [6.45, 7) is 2.40. The highest BCUT2D eigenvalue weighted by atomic mass is 16.3. The lowest BCUT2D eigenvalue weighted by Crippen LogP contribution is -2.55. The number of carbonyl (C=O) groups is 3. The van der Waals surface area contributed by atoms with E-state index >= 15 is 0 Å². The Morgan fingerprint density at radius 3 is 2.02 bits per heavy atom. The average molecular weight is 554 g/mol. The predicted octanol–water partition coefficient (Wildman–Crippen LogP) is -1.02. The third-order valence-electron chi connectivity index (χ3n) is 5.82. The first-order valence-electron chi connectivity index (χ1n) is 12.9. The number of aromatic hydroxyl groups is 1. The third kappa shape index (κ3) is 11.3. The van der Waals surface area contributed by atoms with E-state index in [2.05, 4.69) is 25.9 Å². The van der Waals surface area contributed by atoms with Crippen molar-refractivity contribution in [3.05, 3.63) is 65.7 Å². The first kappa shape index (κ1) is 31.4. The van der Waals surface area contributed by atoms with Gasteiger partial charge in [-0.05, 0) is 43.0 Å². The summed E-state index contributed by atoms with van der Waals surface area (Å²) in [7, 11) is 0. The Bertz CT molecular complexity index is 1160. The highest BCUT2D eigenvalue weighted by Gasteiger charge is 2.29. The van der Waals surface area contributed by atoms with Crippen LogP contribution in [0.3, 0.4) is 0 Å². The van der Waals surface area contributed by atoms with Crippen molar-refractivity contribution in [3.8, 4) is 5.75 Å². The van der Waals surface area contributed by atoms with E-state index in [0.29, 0.717) is 18.5 Å². The monoisotopic (exact) mass is 553 g/mol. The van der Waals surface area contributed by atoms with E-state index in [1.807, 2.05) is 30.3 Å². The summed E-state index contributed by atoms with van der Waals surface area (Å²) in [5.41, 5.74) is 23.5. The Morgan fingerprint density at radius 2 is 1.43 bits per heavy atom. The molecule has 40 heavy (non-hydrogen) atoms. The lowest BCUT2D eigenvalue weighted by atomic mass is 10.0. The molecule has 0 saturated carbocycles. The van der Waals surface area contributed by atoms with E-state index in [4.69, 9.17) is 22.9 Å². The van der Waals surface area contributed by atoms with E-state index in [1.165, 1.54) is 12.1 Å². The van der Waals surface area contributed by atoms with E-state index < -0.39 is 29.9 Å². The van der Waals surface area contributed by atoms with Gasteiger partial charge in [0.05, 0.1) is 0 Å². The van der Waals surface area contributed by atoms with Crippen molar-refractivity contribution in [2.24, 2.45) is 32.9 Å². The van der Waals surface area contributed by atoms with Crippen molar-refractivity contribution in [2.75, 3.05) is 13.1 Å². The fourth-order valence-electron chi connectivity index (χ4n) is 3.90. The highest BCUT2D eigenvalue weighted by Crippen LogP contribution is 2.13. The molecule has 2 aromatic carbocycles. The van der Waals surface area contributed by atoms with Crippen LogP contribution in [-0.4, -0.2) is 66.0 Å². The smallest absolute Gasteiger partial charge is 0.245 e. The molecule has 12 N–H and O–H groups in total. The number of likely N-dealkylation sites (N-methyl/N-ethyl adjacent to an activating group) is 1. The van der Waals surface area contributed by atoms with Gasteiger partial charge in [-0.15, -0.1) is 0 Å². The summed E-state index contributed by atoms with van der Waals surface area (Å²) in [4.78, 5) is 47.5. The Kier molecular flexibility index (Phi) is 12.7. The zero-order valence-corrected chi connectivity index (χ0v) is 22.5. The standard InChI is InChI=1S/C27H39N9O4/c1-2-32-23(38)21(15-17-7-4-3-5-8-17)35-24(39)20(9-6-14-33-26(28)29)34-25(40)22(36-27(30)31)16-18-10-12-19(37)13-11-18/h3-5,7-8,10-13,20-22,37H,2,6,9,14-16H2,1H3,(H,32,38)(H,34,40)(H,35,39)(H4,28,29,33)(H4,30,31,36)/t20-,21+,22+/m1/s1. The molecular weight excluding hydrogens is 514 g/mol. The number of hydrogen-bond acceptors (Lipinski definition) is 6. The Morgan fingerprint density at radius 1 is 0.800 bits per heavy atom. The molecule has 0 heterocycles. The van der Waals surface area contributed by atoms with Gasteiger partial charge in [0, 0.05) is 25.9 Å². The average Bonchev–Trinajstić information content (AvgIpc) is 2.91. The lowest BCUT2D eigenvalue weighted by molar-refractivity contribution is -0.132. The number of amides is 3. The second-order valence-electron chi connectivity index (χ2n) is 9.10. The molecule has 0 aliphatic rings. The molecule has 0 radical (unpaired) electrons. The zero-order chi connectivity index (χ0) is 29.5. The van der Waals surface area contributed by atoms with Gasteiger partial charge in [0.2, 0.25) is 17.7 Å². The van der Waals surface area contributed by atoms with Gasteiger partial charge in [-0.2, -0.15) is 0 Å². The fourth-order valence-corrected chi connectivity index (χ4v) is 3.90.